The Morgan fingerprint density at radius 3 is 2.80 bits per heavy atom. The van der Waals surface area contributed by atoms with Gasteiger partial charge in [-0.2, -0.15) is 0 Å². The van der Waals surface area contributed by atoms with Gasteiger partial charge in [-0.05, 0) is 56.8 Å². The number of hydrogen-bond donors (Lipinski definition) is 1. The molecule has 1 heteroatoms. The predicted octanol–water partition coefficient (Wildman–Crippen LogP) is 2.98. The molecule has 0 heterocycles. The Morgan fingerprint density at radius 1 is 1.33 bits per heavy atom. The minimum absolute atomic E-state index is 0.102. The zero-order chi connectivity index (χ0) is 10.7. The van der Waals surface area contributed by atoms with Crippen LogP contribution in [0.5, 0.6) is 0 Å². The van der Waals surface area contributed by atoms with E-state index in [1.54, 1.807) is 0 Å². The summed E-state index contributed by atoms with van der Waals surface area (Å²) in [6, 6.07) is 0. The van der Waals surface area contributed by atoms with Gasteiger partial charge in [0.2, 0.25) is 0 Å². The topological polar surface area (TPSA) is 20.2 Å². The minimum atomic E-state index is -0.102. The highest BCUT2D eigenvalue weighted by Crippen LogP contribution is 2.49. The first-order chi connectivity index (χ1) is 7.29. The van der Waals surface area contributed by atoms with Crippen LogP contribution < -0.4 is 0 Å². The molecule has 0 spiro atoms. The van der Waals surface area contributed by atoms with Crippen molar-refractivity contribution in [2.24, 2.45) is 17.8 Å². The SMILES string of the molecule is CC#CCCC(O)CC1CC2CCC1C2. The van der Waals surface area contributed by atoms with E-state index in [-0.39, 0.29) is 6.10 Å². The summed E-state index contributed by atoms with van der Waals surface area (Å²) in [6.45, 7) is 1.86. The summed E-state index contributed by atoms with van der Waals surface area (Å²) in [4.78, 5) is 0. The van der Waals surface area contributed by atoms with Gasteiger partial charge in [-0.1, -0.05) is 6.42 Å². The van der Waals surface area contributed by atoms with Gasteiger partial charge in [-0.15, -0.1) is 11.8 Å². The van der Waals surface area contributed by atoms with E-state index < -0.39 is 0 Å². The number of fused-ring (bicyclic) bond motifs is 2. The number of rotatable bonds is 4. The molecule has 0 aromatic carbocycles. The highest BCUT2D eigenvalue weighted by atomic mass is 16.3. The van der Waals surface area contributed by atoms with Crippen molar-refractivity contribution in [3.8, 4) is 11.8 Å². The molecule has 0 aromatic rings. The normalized spacial score (nSPS) is 34.9. The van der Waals surface area contributed by atoms with Crippen LogP contribution in [0.2, 0.25) is 0 Å². The standard InChI is InChI=1S/C14H22O/c1-2-3-4-5-14(15)10-13-9-11-6-7-12(13)8-11/h11-15H,4-10H2,1H3. The van der Waals surface area contributed by atoms with E-state index in [0.717, 1.165) is 37.0 Å². The Labute approximate surface area is 93.3 Å². The molecule has 2 bridgehead atoms. The molecule has 0 saturated heterocycles. The molecule has 15 heavy (non-hydrogen) atoms. The zero-order valence-corrected chi connectivity index (χ0v) is 9.71. The molecule has 0 radical (unpaired) electrons. The van der Waals surface area contributed by atoms with Gasteiger partial charge in [-0.3, -0.25) is 0 Å². The van der Waals surface area contributed by atoms with Crippen LogP contribution in [-0.2, 0) is 0 Å². The summed E-state index contributed by atoms with van der Waals surface area (Å²) in [5.74, 6) is 8.69. The van der Waals surface area contributed by atoms with Crippen LogP contribution in [0, 0.1) is 29.6 Å². The Bertz CT molecular complexity index is 260. The number of hydrogen-bond acceptors (Lipinski definition) is 1. The average molecular weight is 206 g/mol. The molecule has 1 nitrogen and oxygen atoms in total. The lowest BCUT2D eigenvalue weighted by Crippen LogP contribution is -2.18. The van der Waals surface area contributed by atoms with E-state index in [1.165, 1.54) is 25.7 Å². The third-order valence-electron chi connectivity index (χ3n) is 4.24. The largest absolute Gasteiger partial charge is 0.393 e. The first-order valence-corrected chi connectivity index (χ1v) is 6.37. The van der Waals surface area contributed by atoms with Crippen LogP contribution in [-0.4, -0.2) is 11.2 Å². The molecule has 2 aliphatic carbocycles. The van der Waals surface area contributed by atoms with Crippen LogP contribution in [0.25, 0.3) is 0 Å². The summed E-state index contributed by atoms with van der Waals surface area (Å²) < 4.78 is 0. The molecule has 84 valence electrons. The lowest BCUT2D eigenvalue weighted by Gasteiger charge is -2.23. The minimum Gasteiger partial charge on any atom is -0.393 e. The zero-order valence-electron chi connectivity index (χ0n) is 9.71. The van der Waals surface area contributed by atoms with Crippen LogP contribution in [0.1, 0.15) is 51.9 Å². The van der Waals surface area contributed by atoms with E-state index in [0.29, 0.717) is 0 Å². The van der Waals surface area contributed by atoms with Crippen molar-refractivity contribution in [1.82, 2.24) is 0 Å². The van der Waals surface area contributed by atoms with Crippen LogP contribution in [0.3, 0.4) is 0 Å². The monoisotopic (exact) mass is 206 g/mol. The second-order valence-electron chi connectivity index (χ2n) is 5.29. The van der Waals surface area contributed by atoms with Gasteiger partial charge in [0, 0.05) is 6.42 Å². The fourth-order valence-electron chi connectivity index (χ4n) is 3.50. The molecule has 2 aliphatic rings. The highest BCUT2D eigenvalue weighted by molar-refractivity contribution is 4.96. The molecule has 0 amide bonds. The molecule has 0 aromatic heterocycles. The van der Waals surface area contributed by atoms with E-state index in [4.69, 9.17) is 0 Å². The van der Waals surface area contributed by atoms with Crippen molar-refractivity contribution in [2.75, 3.05) is 0 Å². The van der Waals surface area contributed by atoms with E-state index in [1.807, 2.05) is 6.92 Å². The molecule has 2 fully saturated rings. The quantitative estimate of drug-likeness (QED) is 0.701. The van der Waals surface area contributed by atoms with E-state index in [2.05, 4.69) is 11.8 Å². The number of aliphatic hydroxyl groups is 1. The van der Waals surface area contributed by atoms with Gasteiger partial charge in [-0.25, -0.2) is 0 Å². The van der Waals surface area contributed by atoms with Gasteiger partial charge in [0.05, 0.1) is 6.10 Å². The van der Waals surface area contributed by atoms with Gasteiger partial charge in [0.1, 0.15) is 0 Å². The fourth-order valence-corrected chi connectivity index (χ4v) is 3.50. The smallest absolute Gasteiger partial charge is 0.0552 e. The first-order valence-electron chi connectivity index (χ1n) is 6.37. The summed E-state index contributed by atoms with van der Waals surface area (Å²) in [5, 5.41) is 9.90. The van der Waals surface area contributed by atoms with Gasteiger partial charge in [0.15, 0.2) is 0 Å². The highest BCUT2D eigenvalue weighted by Gasteiger charge is 2.39. The second kappa shape index (κ2) is 5.03. The molecular weight excluding hydrogens is 184 g/mol. The second-order valence-corrected chi connectivity index (χ2v) is 5.29. The van der Waals surface area contributed by atoms with E-state index in [9.17, 15) is 5.11 Å². The maximum Gasteiger partial charge on any atom is 0.0552 e. The fraction of sp³-hybridized carbons (Fsp3) is 0.857. The maximum atomic E-state index is 9.90. The Morgan fingerprint density at radius 2 is 2.20 bits per heavy atom. The molecule has 0 aliphatic heterocycles. The van der Waals surface area contributed by atoms with Crippen LogP contribution in [0.15, 0.2) is 0 Å². The van der Waals surface area contributed by atoms with Crippen molar-refractivity contribution >= 4 is 0 Å². The molecule has 1 N–H and O–H groups in total. The van der Waals surface area contributed by atoms with Crippen LogP contribution >= 0.6 is 0 Å². The summed E-state index contributed by atoms with van der Waals surface area (Å²) in [6.07, 6.45) is 8.39. The van der Waals surface area contributed by atoms with Gasteiger partial charge >= 0.3 is 0 Å². The third kappa shape index (κ3) is 2.75. The Hall–Kier alpha value is -0.480. The molecule has 4 unspecified atom stereocenters. The average Bonchev–Trinajstić information content (AvgIpc) is 2.79. The lowest BCUT2D eigenvalue weighted by molar-refractivity contribution is 0.118. The molecular formula is C14H22O. The Balaban J connectivity index is 1.69. The predicted molar refractivity (Wildman–Crippen MR) is 62.2 cm³/mol. The summed E-state index contributed by atoms with van der Waals surface area (Å²) in [5.41, 5.74) is 0. The Kier molecular flexibility index (Phi) is 3.70. The van der Waals surface area contributed by atoms with Gasteiger partial charge in [0.25, 0.3) is 0 Å². The summed E-state index contributed by atoms with van der Waals surface area (Å²) >= 11 is 0. The molecule has 2 rings (SSSR count). The van der Waals surface area contributed by atoms with Crippen molar-refractivity contribution in [1.29, 1.82) is 0 Å². The molecule has 4 atom stereocenters. The maximum absolute atomic E-state index is 9.90. The third-order valence-corrected chi connectivity index (χ3v) is 4.24. The van der Waals surface area contributed by atoms with Crippen molar-refractivity contribution < 1.29 is 5.11 Å². The first kappa shape index (κ1) is 11.0. The van der Waals surface area contributed by atoms with Crippen molar-refractivity contribution in [3.05, 3.63) is 0 Å². The van der Waals surface area contributed by atoms with Crippen molar-refractivity contribution in [3.63, 3.8) is 0 Å². The summed E-state index contributed by atoms with van der Waals surface area (Å²) in [7, 11) is 0. The number of aliphatic hydroxyl groups excluding tert-OH is 1. The molecule has 2 saturated carbocycles. The van der Waals surface area contributed by atoms with Crippen molar-refractivity contribution in [2.45, 2.75) is 58.0 Å². The lowest BCUT2D eigenvalue weighted by atomic mass is 9.84. The van der Waals surface area contributed by atoms with Gasteiger partial charge < -0.3 is 5.11 Å². The van der Waals surface area contributed by atoms with E-state index >= 15 is 0 Å². The van der Waals surface area contributed by atoms with Crippen LogP contribution in [0.4, 0.5) is 0 Å².